The number of rotatable bonds is 6. The lowest BCUT2D eigenvalue weighted by atomic mass is 10.2. The molecule has 0 fully saturated rings. The Balaban J connectivity index is 2.14. The molecule has 0 aliphatic heterocycles. The van der Waals surface area contributed by atoms with Crippen molar-refractivity contribution in [3.05, 3.63) is 60.4 Å². The normalized spacial score (nSPS) is 12.4. The predicted molar refractivity (Wildman–Crippen MR) is 89.3 cm³/mol. The van der Waals surface area contributed by atoms with Crippen LogP contribution in [0.25, 0.3) is 0 Å². The fourth-order valence-corrected chi connectivity index (χ4v) is 3.40. The standard InChI is InChI=1S/C16H19N3O3S/c1-13(16(20)18-12-14-7-6-10-17-11-14)19(23(2,21)22)15-8-4-3-5-9-15/h3-11,13H,12H2,1-2H3,(H,18,20). The summed E-state index contributed by atoms with van der Waals surface area (Å²) in [6.45, 7) is 1.86. The minimum absolute atomic E-state index is 0.295. The zero-order valence-corrected chi connectivity index (χ0v) is 13.8. The summed E-state index contributed by atoms with van der Waals surface area (Å²) in [4.78, 5) is 16.3. The van der Waals surface area contributed by atoms with Crippen LogP contribution in [0.1, 0.15) is 12.5 Å². The van der Waals surface area contributed by atoms with Crippen molar-refractivity contribution in [2.24, 2.45) is 0 Å². The number of carbonyl (C=O) groups is 1. The van der Waals surface area contributed by atoms with E-state index in [-0.39, 0.29) is 5.91 Å². The highest BCUT2D eigenvalue weighted by molar-refractivity contribution is 7.92. The first kappa shape index (κ1) is 17.0. The zero-order valence-electron chi connectivity index (χ0n) is 13.0. The number of anilines is 1. The number of carbonyl (C=O) groups excluding carboxylic acids is 1. The van der Waals surface area contributed by atoms with Gasteiger partial charge in [0.25, 0.3) is 0 Å². The summed E-state index contributed by atoms with van der Waals surface area (Å²) in [7, 11) is -3.59. The summed E-state index contributed by atoms with van der Waals surface area (Å²) < 4.78 is 25.3. The number of benzene rings is 1. The Morgan fingerprint density at radius 1 is 1.22 bits per heavy atom. The summed E-state index contributed by atoms with van der Waals surface area (Å²) in [5.41, 5.74) is 1.30. The maximum Gasteiger partial charge on any atom is 0.243 e. The molecule has 2 aromatic rings. The Morgan fingerprint density at radius 3 is 2.48 bits per heavy atom. The van der Waals surface area contributed by atoms with Crippen LogP contribution in [0, 0.1) is 0 Å². The predicted octanol–water partition coefficient (Wildman–Crippen LogP) is 1.55. The molecule has 23 heavy (non-hydrogen) atoms. The van der Waals surface area contributed by atoms with E-state index >= 15 is 0 Å². The van der Waals surface area contributed by atoms with Gasteiger partial charge >= 0.3 is 0 Å². The molecule has 122 valence electrons. The first-order valence-corrected chi connectivity index (χ1v) is 8.95. The monoisotopic (exact) mass is 333 g/mol. The Labute approximate surface area is 136 Å². The van der Waals surface area contributed by atoms with Gasteiger partial charge in [0.2, 0.25) is 15.9 Å². The summed E-state index contributed by atoms with van der Waals surface area (Å²) in [6, 6.07) is 11.3. The van der Waals surface area contributed by atoms with Crippen LogP contribution >= 0.6 is 0 Å². The van der Waals surface area contributed by atoms with Gasteiger partial charge < -0.3 is 5.32 Å². The van der Waals surface area contributed by atoms with Crippen LogP contribution in [0.15, 0.2) is 54.9 Å². The molecule has 1 aromatic heterocycles. The summed E-state index contributed by atoms with van der Waals surface area (Å²) in [6.07, 6.45) is 4.39. The van der Waals surface area contributed by atoms with E-state index in [0.717, 1.165) is 16.1 Å². The molecule has 2 rings (SSSR count). The topological polar surface area (TPSA) is 79.4 Å². The molecule has 0 aliphatic rings. The molecule has 6 nitrogen and oxygen atoms in total. The smallest absolute Gasteiger partial charge is 0.243 e. The van der Waals surface area contributed by atoms with Gasteiger partial charge in [-0.05, 0) is 30.7 Å². The number of hydrogen-bond acceptors (Lipinski definition) is 4. The second kappa shape index (κ2) is 7.23. The first-order valence-electron chi connectivity index (χ1n) is 7.10. The molecule has 0 spiro atoms. The molecule has 7 heteroatoms. The third kappa shape index (κ3) is 4.53. The van der Waals surface area contributed by atoms with Crippen LogP contribution in [-0.4, -0.2) is 31.6 Å². The molecule has 1 atom stereocenters. The van der Waals surface area contributed by atoms with Crippen LogP contribution in [0.4, 0.5) is 5.69 Å². The molecule has 0 saturated carbocycles. The van der Waals surface area contributed by atoms with Crippen LogP contribution < -0.4 is 9.62 Å². The van der Waals surface area contributed by atoms with Crippen molar-refractivity contribution in [1.29, 1.82) is 0 Å². The fraction of sp³-hybridized carbons (Fsp3) is 0.250. The van der Waals surface area contributed by atoms with Crippen molar-refractivity contribution in [1.82, 2.24) is 10.3 Å². The Bertz CT molecular complexity index is 749. The van der Waals surface area contributed by atoms with E-state index in [4.69, 9.17) is 0 Å². The molecule has 1 N–H and O–H groups in total. The highest BCUT2D eigenvalue weighted by Crippen LogP contribution is 2.20. The Hall–Kier alpha value is -2.41. The van der Waals surface area contributed by atoms with E-state index in [1.54, 1.807) is 55.7 Å². The number of pyridine rings is 1. The van der Waals surface area contributed by atoms with Crippen molar-refractivity contribution >= 4 is 21.6 Å². The van der Waals surface area contributed by atoms with E-state index in [1.165, 1.54) is 0 Å². The highest BCUT2D eigenvalue weighted by atomic mass is 32.2. The van der Waals surface area contributed by atoms with Crippen LogP contribution in [-0.2, 0) is 21.4 Å². The van der Waals surface area contributed by atoms with E-state index in [0.29, 0.717) is 12.2 Å². The molecule has 0 bridgehead atoms. The molecular weight excluding hydrogens is 314 g/mol. The average molecular weight is 333 g/mol. The van der Waals surface area contributed by atoms with Crippen molar-refractivity contribution in [2.45, 2.75) is 19.5 Å². The number of aromatic nitrogens is 1. The lowest BCUT2D eigenvalue weighted by molar-refractivity contribution is -0.122. The SMILES string of the molecule is CC(C(=O)NCc1cccnc1)N(c1ccccc1)S(C)(=O)=O. The summed E-state index contributed by atoms with van der Waals surface area (Å²) in [5, 5.41) is 2.74. The first-order chi connectivity index (χ1) is 10.9. The van der Waals surface area contributed by atoms with Gasteiger partial charge in [-0.1, -0.05) is 24.3 Å². The van der Waals surface area contributed by atoms with Crippen molar-refractivity contribution in [3.63, 3.8) is 0 Å². The van der Waals surface area contributed by atoms with Gasteiger partial charge in [0.1, 0.15) is 6.04 Å². The lowest BCUT2D eigenvalue weighted by Gasteiger charge is -2.28. The molecule has 0 radical (unpaired) electrons. The molecular formula is C16H19N3O3S. The average Bonchev–Trinajstić information content (AvgIpc) is 2.53. The van der Waals surface area contributed by atoms with Gasteiger partial charge in [0.15, 0.2) is 0 Å². The van der Waals surface area contributed by atoms with Gasteiger partial charge in [0, 0.05) is 18.9 Å². The van der Waals surface area contributed by atoms with Gasteiger partial charge in [0.05, 0.1) is 11.9 Å². The molecule has 1 amide bonds. The quantitative estimate of drug-likeness (QED) is 0.870. The zero-order chi connectivity index (χ0) is 16.9. The molecule has 1 unspecified atom stereocenters. The van der Waals surface area contributed by atoms with Crippen LogP contribution in [0.2, 0.25) is 0 Å². The van der Waals surface area contributed by atoms with E-state index in [2.05, 4.69) is 10.3 Å². The third-order valence-corrected chi connectivity index (χ3v) is 4.53. The maximum absolute atomic E-state index is 12.3. The number of sulfonamides is 1. The van der Waals surface area contributed by atoms with Crippen molar-refractivity contribution in [3.8, 4) is 0 Å². The number of amides is 1. The minimum Gasteiger partial charge on any atom is -0.350 e. The van der Waals surface area contributed by atoms with Crippen LogP contribution in [0.5, 0.6) is 0 Å². The fourth-order valence-electron chi connectivity index (χ4n) is 2.22. The van der Waals surface area contributed by atoms with E-state index in [1.807, 2.05) is 6.07 Å². The van der Waals surface area contributed by atoms with Gasteiger partial charge in [-0.2, -0.15) is 0 Å². The van der Waals surface area contributed by atoms with Crippen LogP contribution in [0.3, 0.4) is 0 Å². The largest absolute Gasteiger partial charge is 0.350 e. The molecule has 1 aromatic carbocycles. The lowest BCUT2D eigenvalue weighted by Crippen LogP contribution is -2.47. The molecule has 1 heterocycles. The Morgan fingerprint density at radius 2 is 1.91 bits per heavy atom. The summed E-state index contributed by atoms with van der Waals surface area (Å²) >= 11 is 0. The second-order valence-electron chi connectivity index (χ2n) is 5.15. The summed E-state index contributed by atoms with van der Waals surface area (Å²) in [5.74, 6) is -0.372. The van der Waals surface area contributed by atoms with Gasteiger partial charge in [-0.25, -0.2) is 8.42 Å². The third-order valence-electron chi connectivity index (χ3n) is 3.29. The number of nitrogens with zero attached hydrogens (tertiary/aromatic N) is 2. The van der Waals surface area contributed by atoms with E-state index < -0.39 is 16.1 Å². The number of para-hydroxylation sites is 1. The van der Waals surface area contributed by atoms with Gasteiger partial charge in [-0.3, -0.25) is 14.1 Å². The molecule has 0 saturated heterocycles. The van der Waals surface area contributed by atoms with Crippen molar-refractivity contribution < 1.29 is 13.2 Å². The highest BCUT2D eigenvalue weighted by Gasteiger charge is 2.28. The van der Waals surface area contributed by atoms with Crippen molar-refractivity contribution in [2.75, 3.05) is 10.6 Å². The number of hydrogen-bond donors (Lipinski definition) is 1. The second-order valence-corrected chi connectivity index (χ2v) is 7.01. The van der Waals surface area contributed by atoms with E-state index in [9.17, 15) is 13.2 Å². The minimum atomic E-state index is -3.59. The Kier molecular flexibility index (Phi) is 5.33. The molecule has 0 aliphatic carbocycles. The van der Waals surface area contributed by atoms with Gasteiger partial charge in [-0.15, -0.1) is 0 Å². The number of nitrogens with one attached hydrogen (secondary N) is 1. The maximum atomic E-state index is 12.3.